The SMILES string of the molecule is CC1Oc2ccc(C3(CCO)COC3)cc2NC1=O. The minimum Gasteiger partial charge on any atom is -0.479 e. The molecule has 102 valence electrons. The number of aliphatic hydroxyl groups is 1. The van der Waals surface area contributed by atoms with Gasteiger partial charge in [-0.1, -0.05) is 6.07 Å². The molecule has 5 nitrogen and oxygen atoms in total. The van der Waals surface area contributed by atoms with Crippen LogP contribution in [0.5, 0.6) is 5.75 Å². The first-order chi connectivity index (χ1) is 9.14. The fourth-order valence-corrected chi connectivity index (χ4v) is 2.56. The number of rotatable bonds is 3. The Hall–Kier alpha value is -1.59. The molecule has 19 heavy (non-hydrogen) atoms. The summed E-state index contributed by atoms with van der Waals surface area (Å²) in [6.07, 6.45) is 0.202. The van der Waals surface area contributed by atoms with Crippen molar-refractivity contribution < 1.29 is 19.4 Å². The predicted molar refractivity (Wildman–Crippen MR) is 69.4 cm³/mol. The van der Waals surface area contributed by atoms with Gasteiger partial charge in [-0.2, -0.15) is 0 Å². The van der Waals surface area contributed by atoms with Gasteiger partial charge < -0.3 is 19.9 Å². The van der Waals surface area contributed by atoms with E-state index in [1.54, 1.807) is 6.92 Å². The molecule has 0 aromatic heterocycles. The molecule has 0 bridgehead atoms. The van der Waals surface area contributed by atoms with Gasteiger partial charge in [0.1, 0.15) is 5.75 Å². The molecular formula is C14H17NO4. The third-order valence-electron chi connectivity index (χ3n) is 3.87. The Morgan fingerprint density at radius 1 is 1.47 bits per heavy atom. The van der Waals surface area contributed by atoms with E-state index in [9.17, 15) is 9.90 Å². The molecule has 0 radical (unpaired) electrons. The molecule has 1 saturated heterocycles. The van der Waals surface area contributed by atoms with E-state index in [1.165, 1.54) is 0 Å². The van der Waals surface area contributed by atoms with Crippen LogP contribution in [0.15, 0.2) is 18.2 Å². The summed E-state index contributed by atoms with van der Waals surface area (Å²) >= 11 is 0. The molecule has 1 atom stereocenters. The van der Waals surface area contributed by atoms with E-state index in [0.717, 1.165) is 5.56 Å². The van der Waals surface area contributed by atoms with Crippen molar-refractivity contribution in [3.63, 3.8) is 0 Å². The van der Waals surface area contributed by atoms with Gasteiger partial charge in [-0.05, 0) is 31.0 Å². The number of amides is 1. The lowest BCUT2D eigenvalue weighted by atomic mass is 9.76. The van der Waals surface area contributed by atoms with Crippen molar-refractivity contribution in [3.05, 3.63) is 23.8 Å². The average Bonchev–Trinajstić information content (AvgIpc) is 2.35. The number of aliphatic hydroxyl groups excluding tert-OH is 1. The van der Waals surface area contributed by atoms with Gasteiger partial charge in [-0.3, -0.25) is 4.79 Å². The number of nitrogens with one attached hydrogen (secondary N) is 1. The molecule has 2 aliphatic rings. The predicted octanol–water partition coefficient (Wildman–Crippen LogP) is 1.06. The highest BCUT2D eigenvalue weighted by Gasteiger charge is 2.40. The molecule has 2 heterocycles. The molecule has 1 aromatic carbocycles. The first-order valence-electron chi connectivity index (χ1n) is 6.45. The Balaban J connectivity index is 1.93. The molecule has 3 rings (SSSR count). The molecule has 1 unspecified atom stereocenters. The first-order valence-corrected chi connectivity index (χ1v) is 6.45. The average molecular weight is 263 g/mol. The van der Waals surface area contributed by atoms with Crippen molar-refractivity contribution in [3.8, 4) is 5.75 Å². The van der Waals surface area contributed by atoms with Crippen LogP contribution >= 0.6 is 0 Å². The van der Waals surface area contributed by atoms with Gasteiger partial charge in [0.15, 0.2) is 6.10 Å². The highest BCUT2D eigenvalue weighted by Crippen LogP contribution is 2.40. The molecule has 0 aliphatic carbocycles. The number of benzene rings is 1. The lowest BCUT2D eigenvalue weighted by Gasteiger charge is -2.42. The number of ether oxygens (including phenoxy) is 2. The lowest BCUT2D eigenvalue weighted by molar-refractivity contribution is -0.122. The maximum Gasteiger partial charge on any atom is 0.265 e. The Morgan fingerprint density at radius 3 is 2.89 bits per heavy atom. The van der Waals surface area contributed by atoms with Gasteiger partial charge in [-0.25, -0.2) is 0 Å². The smallest absolute Gasteiger partial charge is 0.265 e. The summed E-state index contributed by atoms with van der Waals surface area (Å²) in [6, 6.07) is 5.79. The summed E-state index contributed by atoms with van der Waals surface area (Å²) in [5.74, 6) is 0.556. The van der Waals surface area contributed by atoms with Crippen LogP contribution in [0.2, 0.25) is 0 Å². The number of anilines is 1. The molecule has 0 spiro atoms. The van der Waals surface area contributed by atoms with Gasteiger partial charge in [0.2, 0.25) is 0 Å². The monoisotopic (exact) mass is 263 g/mol. The quantitative estimate of drug-likeness (QED) is 0.855. The lowest BCUT2D eigenvalue weighted by Crippen LogP contribution is -2.47. The standard InChI is InChI=1S/C14H17NO4/c1-9-13(17)15-11-6-10(2-3-12(11)19-9)14(4-5-16)7-18-8-14/h2-3,6,9,16H,4-5,7-8H2,1H3,(H,15,17). The van der Waals surface area contributed by atoms with Crippen molar-refractivity contribution >= 4 is 11.6 Å². The van der Waals surface area contributed by atoms with Gasteiger partial charge in [0.25, 0.3) is 5.91 Å². The second kappa shape index (κ2) is 4.51. The van der Waals surface area contributed by atoms with Crippen molar-refractivity contribution in [2.45, 2.75) is 24.9 Å². The molecule has 1 amide bonds. The van der Waals surface area contributed by atoms with Crippen molar-refractivity contribution in [2.75, 3.05) is 25.1 Å². The van der Waals surface area contributed by atoms with Crippen molar-refractivity contribution in [1.82, 2.24) is 0 Å². The van der Waals surface area contributed by atoms with E-state index < -0.39 is 6.10 Å². The number of fused-ring (bicyclic) bond motifs is 1. The molecule has 0 saturated carbocycles. The molecular weight excluding hydrogens is 246 g/mol. The summed E-state index contributed by atoms with van der Waals surface area (Å²) in [5.41, 5.74) is 1.65. The zero-order valence-electron chi connectivity index (χ0n) is 10.8. The summed E-state index contributed by atoms with van der Waals surface area (Å²) in [5, 5.41) is 12.0. The van der Waals surface area contributed by atoms with E-state index in [2.05, 4.69) is 5.32 Å². The second-order valence-electron chi connectivity index (χ2n) is 5.21. The van der Waals surface area contributed by atoms with Crippen molar-refractivity contribution in [2.24, 2.45) is 0 Å². The maximum absolute atomic E-state index is 11.6. The zero-order valence-corrected chi connectivity index (χ0v) is 10.8. The minimum absolute atomic E-state index is 0.125. The summed E-state index contributed by atoms with van der Waals surface area (Å²) < 4.78 is 10.8. The van der Waals surface area contributed by atoms with Crippen LogP contribution in [0.3, 0.4) is 0 Å². The van der Waals surface area contributed by atoms with E-state index in [-0.39, 0.29) is 17.9 Å². The molecule has 1 aromatic rings. The largest absolute Gasteiger partial charge is 0.479 e. The van der Waals surface area contributed by atoms with Crippen LogP contribution in [-0.4, -0.2) is 36.9 Å². The van der Waals surface area contributed by atoms with E-state index in [4.69, 9.17) is 9.47 Å². The summed E-state index contributed by atoms with van der Waals surface area (Å²) in [7, 11) is 0. The van der Waals surface area contributed by atoms with Crippen LogP contribution < -0.4 is 10.1 Å². The highest BCUT2D eigenvalue weighted by molar-refractivity contribution is 5.97. The molecule has 2 aliphatic heterocycles. The molecule has 2 N–H and O–H groups in total. The van der Waals surface area contributed by atoms with Crippen LogP contribution in [0, 0.1) is 0 Å². The topological polar surface area (TPSA) is 67.8 Å². The van der Waals surface area contributed by atoms with Gasteiger partial charge >= 0.3 is 0 Å². The zero-order chi connectivity index (χ0) is 13.5. The van der Waals surface area contributed by atoms with Crippen LogP contribution in [-0.2, 0) is 14.9 Å². The minimum atomic E-state index is -0.461. The second-order valence-corrected chi connectivity index (χ2v) is 5.21. The van der Waals surface area contributed by atoms with E-state index >= 15 is 0 Å². The Morgan fingerprint density at radius 2 is 2.26 bits per heavy atom. The van der Waals surface area contributed by atoms with Crippen molar-refractivity contribution in [1.29, 1.82) is 0 Å². The molecule has 1 fully saturated rings. The third kappa shape index (κ3) is 1.99. The van der Waals surface area contributed by atoms with E-state index in [0.29, 0.717) is 31.1 Å². The summed E-state index contributed by atoms with van der Waals surface area (Å²) in [4.78, 5) is 11.6. The number of hydrogen-bond donors (Lipinski definition) is 2. The fraction of sp³-hybridized carbons (Fsp3) is 0.500. The van der Waals surface area contributed by atoms with Crippen LogP contribution in [0.25, 0.3) is 0 Å². The fourth-order valence-electron chi connectivity index (χ4n) is 2.56. The third-order valence-corrected chi connectivity index (χ3v) is 3.87. The first kappa shape index (κ1) is 12.4. The van der Waals surface area contributed by atoms with Crippen LogP contribution in [0.4, 0.5) is 5.69 Å². The number of hydrogen-bond acceptors (Lipinski definition) is 4. The van der Waals surface area contributed by atoms with Gasteiger partial charge in [-0.15, -0.1) is 0 Å². The highest BCUT2D eigenvalue weighted by atomic mass is 16.5. The van der Waals surface area contributed by atoms with Crippen LogP contribution in [0.1, 0.15) is 18.9 Å². The van der Waals surface area contributed by atoms with Gasteiger partial charge in [0, 0.05) is 12.0 Å². The van der Waals surface area contributed by atoms with E-state index in [1.807, 2.05) is 18.2 Å². The number of carbonyl (C=O) groups is 1. The Kier molecular flexibility index (Phi) is 2.95. The normalized spacial score (nSPS) is 23.9. The summed E-state index contributed by atoms with van der Waals surface area (Å²) in [6.45, 7) is 3.06. The Labute approximate surface area is 111 Å². The number of carbonyl (C=O) groups excluding carboxylic acids is 1. The maximum atomic E-state index is 11.6. The molecule has 5 heteroatoms. The van der Waals surface area contributed by atoms with Gasteiger partial charge in [0.05, 0.1) is 18.9 Å². The Bertz CT molecular complexity index is 510.